The Hall–Kier alpha value is -0.160. The lowest BCUT2D eigenvalue weighted by molar-refractivity contribution is 0.0925. The summed E-state index contributed by atoms with van der Waals surface area (Å²) in [5.74, 6) is 0. The standard InChI is InChI=1S/C11H26N2O2/c1-9(2)13(10(3)4)6-5-12-7-11(15)8-14/h9-12,14-15H,5-8H2,1-4H3/t11-/m0/s1. The molecular formula is C11H26N2O2. The summed E-state index contributed by atoms with van der Waals surface area (Å²) in [5, 5.41) is 20.9. The maximum absolute atomic E-state index is 9.12. The van der Waals surface area contributed by atoms with Crippen LogP contribution in [0.15, 0.2) is 0 Å². The van der Waals surface area contributed by atoms with E-state index in [0.717, 1.165) is 13.1 Å². The van der Waals surface area contributed by atoms with E-state index in [9.17, 15) is 0 Å². The van der Waals surface area contributed by atoms with Crippen LogP contribution >= 0.6 is 0 Å². The van der Waals surface area contributed by atoms with E-state index in [-0.39, 0.29) is 6.61 Å². The number of nitrogens with one attached hydrogen (secondary N) is 1. The molecule has 0 spiro atoms. The SMILES string of the molecule is CC(C)N(CCNC[C@H](O)CO)C(C)C. The highest BCUT2D eigenvalue weighted by Crippen LogP contribution is 2.03. The van der Waals surface area contributed by atoms with Crippen molar-refractivity contribution in [3.8, 4) is 0 Å². The van der Waals surface area contributed by atoms with Gasteiger partial charge in [0.05, 0.1) is 12.7 Å². The van der Waals surface area contributed by atoms with Gasteiger partial charge in [0.2, 0.25) is 0 Å². The summed E-state index contributed by atoms with van der Waals surface area (Å²) < 4.78 is 0. The van der Waals surface area contributed by atoms with Crippen LogP contribution < -0.4 is 5.32 Å². The van der Waals surface area contributed by atoms with Crippen LogP contribution in [0.4, 0.5) is 0 Å². The highest BCUT2D eigenvalue weighted by atomic mass is 16.3. The molecule has 0 unspecified atom stereocenters. The number of hydrogen-bond acceptors (Lipinski definition) is 4. The molecule has 0 radical (unpaired) electrons. The van der Waals surface area contributed by atoms with E-state index in [1.54, 1.807) is 0 Å². The van der Waals surface area contributed by atoms with Gasteiger partial charge in [0, 0.05) is 31.7 Å². The Morgan fingerprint density at radius 1 is 1.13 bits per heavy atom. The number of hydrogen-bond donors (Lipinski definition) is 3. The minimum atomic E-state index is -0.642. The molecular weight excluding hydrogens is 192 g/mol. The Bertz CT molecular complexity index is 144. The highest BCUT2D eigenvalue weighted by molar-refractivity contribution is 4.68. The summed E-state index contributed by atoms with van der Waals surface area (Å²) in [5.41, 5.74) is 0. The largest absolute Gasteiger partial charge is 0.394 e. The Labute approximate surface area is 93.3 Å². The molecule has 3 N–H and O–H groups in total. The summed E-state index contributed by atoms with van der Waals surface area (Å²) in [4.78, 5) is 2.39. The zero-order chi connectivity index (χ0) is 11.8. The highest BCUT2D eigenvalue weighted by Gasteiger charge is 2.12. The van der Waals surface area contributed by atoms with Crippen LogP contribution in [0.5, 0.6) is 0 Å². The molecule has 0 aromatic carbocycles. The van der Waals surface area contributed by atoms with Gasteiger partial charge >= 0.3 is 0 Å². The molecule has 92 valence electrons. The van der Waals surface area contributed by atoms with Crippen LogP contribution in [0.2, 0.25) is 0 Å². The lowest BCUT2D eigenvalue weighted by Crippen LogP contribution is -2.42. The van der Waals surface area contributed by atoms with Gasteiger partial charge in [-0.15, -0.1) is 0 Å². The molecule has 0 saturated carbocycles. The van der Waals surface area contributed by atoms with Crippen LogP contribution in [0.3, 0.4) is 0 Å². The molecule has 1 atom stereocenters. The topological polar surface area (TPSA) is 55.7 Å². The molecule has 0 heterocycles. The number of aliphatic hydroxyl groups excluding tert-OH is 2. The van der Waals surface area contributed by atoms with Crippen LogP contribution in [0.1, 0.15) is 27.7 Å². The predicted octanol–water partition coefficient (Wildman–Crippen LogP) is 0.0480. The second-order valence-electron chi connectivity index (χ2n) is 4.47. The average Bonchev–Trinajstić information content (AvgIpc) is 2.15. The fourth-order valence-electron chi connectivity index (χ4n) is 1.65. The van der Waals surface area contributed by atoms with E-state index in [1.165, 1.54) is 0 Å². The molecule has 15 heavy (non-hydrogen) atoms. The average molecular weight is 218 g/mol. The predicted molar refractivity (Wildman–Crippen MR) is 62.9 cm³/mol. The van der Waals surface area contributed by atoms with Crippen molar-refractivity contribution in [1.82, 2.24) is 10.2 Å². The van der Waals surface area contributed by atoms with Gasteiger partial charge in [0.1, 0.15) is 0 Å². The first kappa shape index (κ1) is 14.8. The van der Waals surface area contributed by atoms with Crippen molar-refractivity contribution in [3.63, 3.8) is 0 Å². The second-order valence-corrected chi connectivity index (χ2v) is 4.47. The Morgan fingerprint density at radius 2 is 1.67 bits per heavy atom. The minimum absolute atomic E-state index is 0.176. The molecule has 0 aliphatic rings. The van der Waals surface area contributed by atoms with Crippen LogP contribution in [-0.4, -0.2) is 59.5 Å². The molecule has 0 aliphatic carbocycles. The summed E-state index contributed by atoms with van der Waals surface area (Å²) >= 11 is 0. The zero-order valence-electron chi connectivity index (χ0n) is 10.4. The number of aliphatic hydroxyl groups is 2. The van der Waals surface area contributed by atoms with Crippen LogP contribution in [0, 0.1) is 0 Å². The van der Waals surface area contributed by atoms with Gasteiger partial charge in [0.25, 0.3) is 0 Å². The van der Waals surface area contributed by atoms with E-state index in [0.29, 0.717) is 18.6 Å². The van der Waals surface area contributed by atoms with Gasteiger partial charge in [-0.05, 0) is 27.7 Å². The van der Waals surface area contributed by atoms with E-state index >= 15 is 0 Å². The van der Waals surface area contributed by atoms with Gasteiger partial charge in [-0.2, -0.15) is 0 Å². The van der Waals surface area contributed by atoms with E-state index in [1.807, 2.05) is 0 Å². The zero-order valence-corrected chi connectivity index (χ0v) is 10.4. The first-order valence-corrected chi connectivity index (χ1v) is 5.74. The van der Waals surface area contributed by atoms with Crippen molar-refractivity contribution in [2.24, 2.45) is 0 Å². The van der Waals surface area contributed by atoms with Crippen LogP contribution in [0.25, 0.3) is 0 Å². The minimum Gasteiger partial charge on any atom is -0.394 e. The fraction of sp³-hybridized carbons (Fsp3) is 1.00. The molecule has 0 amide bonds. The van der Waals surface area contributed by atoms with Crippen molar-refractivity contribution in [1.29, 1.82) is 0 Å². The smallest absolute Gasteiger partial charge is 0.0894 e. The third kappa shape index (κ3) is 6.84. The Balaban J connectivity index is 3.63. The lowest BCUT2D eigenvalue weighted by Gasteiger charge is -2.30. The van der Waals surface area contributed by atoms with Gasteiger partial charge in [-0.1, -0.05) is 0 Å². The summed E-state index contributed by atoms with van der Waals surface area (Å²) in [6, 6.07) is 1.07. The van der Waals surface area contributed by atoms with Gasteiger partial charge < -0.3 is 15.5 Å². The molecule has 0 fully saturated rings. The molecule has 4 heteroatoms. The molecule has 4 nitrogen and oxygen atoms in total. The lowest BCUT2D eigenvalue weighted by atomic mass is 10.2. The molecule has 0 rings (SSSR count). The molecule has 0 aliphatic heterocycles. The number of rotatable bonds is 8. The van der Waals surface area contributed by atoms with Crippen molar-refractivity contribution in [2.75, 3.05) is 26.2 Å². The first-order chi connectivity index (χ1) is 6.99. The van der Waals surface area contributed by atoms with Crippen molar-refractivity contribution in [2.45, 2.75) is 45.9 Å². The molecule has 0 aromatic rings. The molecule has 0 aromatic heterocycles. The van der Waals surface area contributed by atoms with E-state index in [4.69, 9.17) is 10.2 Å². The molecule has 0 bridgehead atoms. The Kier molecular flexibility index (Phi) is 7.96. The van der Waals surface area contributed by atoms with Gasteiger partial charge in [0.15, 0.2) is 0 Å². The monoisotopic (exact) mass is 218 g/mol. The quantitative estimate of drug-likeness (QED) is 0.504. The fourth-order valence-corrected chi connectivity index (χ4v) is 1.65. The van der Waals surface area contributed by atoms with Gasteiger partial charge in [-0.25, -0.2) is 0 Å². The molecule has 0 saturated heterocycles. The number of nitrogens with zero attached hydrogens (tertiary/aromatic N) is 1. The van der Waals surface area contributed by atoms with E-state index < -0.39 is 6.10 Å². The second kappa shape index (κ2) is 8.05. The van der Waals surface area contributed by atoms with Crippen LogP contribution in [-0.2, 0) is 0 Å². The summed E-state index contributed by atoms with van der Waals surface area (Å²) in [7, 11) is 0. The van der Waals surface area contributed by atoms with Gasteiger partial charge in [-0.3, -0.25) is 4.90 Å². The summed E-state index contributed by atoms with van der Waals surface area (Å²) in [6.07, 6.45) is -0.642. The normalized spacial score (nSPS) is 14.2. The third-order valence-electron chi connectivity index (χ3n) is 2.46. The maximum atomic E-state index is 9.12. The van der Waals surface area contributed by atoms with Crippen molar-refractivity contribution >= 4 is 0 Å². The van der Waals surface area contributed by atoms with Crippen molar-refractivity contribution in [3.05, 3.63) is 0 Å². The summed E-state index contributed by atoms with van der Waals surface area (Å²) in [6.45, 7) is 10.8. The maximum Gasteiger partial charge on any atom is 0.0894 e. The third-order valence-corrected chi connectivity index (χ3v) is 2.46. The van der Waals surface area contributed by atoms with Crippen molar-refractivity contribution < 1.29 is 10.2 Å². The first-order valence-electron chi connectivity index (χ1n) is 5.74. The van der Waals surface area contributed by atoms with E-state index in [2.05, 4.69) is 37.9 Å². The Morgan fingerprint density at radius 3 is 2.07 bits per heavy atom.